The summed E-state index contributed by atoms with van der Waals surface area (Å²) in [5, 5.41) is 0. The van der Waals surface area contributed by atoms with Crippen molar-refractivity contribution in [1.29, 1.82) is 0 Å². The zero-order valence-electron chi connectivity index (χ0n) is 8.69. The van der Waals surface area contributed by atoms with Gasteiger partial charge in [0.25, 0.3) is 0 Å². The second-order valence-electron chi connectivity index (χ2n) is 4.46. The Kier molecular flexibility index (Phi) is 2.81. The lowest BCUT2D eigenvalue weighted by Crippen LogP contribution is -2.32. The summed E-state index contributed by atoms with van der Waals surface area (Å²) < 4.78 is 38.0. The highest BCUT2D eigenvalue weighted by Gasteiger charge is 2.46. The molecule has 1 unspecified atom stereocenters. The molecule has 0 fully saturated rings. The lowest BCUT2D eigenvalue weighted by Gasteiger charge is -2.35. The van der Waals surface area contributed by atoms with Crippen LogP contribution in [0.15, 0.2) is 23.8 Å². The van der Waals surface area contributed by atoms with Crippen LogP contribution in [0.3, 0.4) is 0 Å². The number of carbonyl (C=O) groups is 1. The predicted molar refractivity (Wildman–Crippen MR) is 51.2 cm³/mol. The van der Waals surface area contributed by atoms with E-state index in [1.165, 1.54) is 13.8 Å². The minimum atomic E-state index is -4.37. The van der Waals surface area contributed by atoms with Crippen molar-refractivity contribution in [2.75, 3.05) is 0 Å². The van der Waals surface area contributed by atoms with Crippen molar-refractivity contribution >= 4 is 6.29 Å². The minimum Gasteiger partial charge on any atom is -0.302 e. The largest absolute Gasteiger partial charge is 0.412 e. The van der Waals surface area contributed by atoms with E-state index in [9.17, 15) is 18.0 Å². The normalized spacial score (nSPS) is 26.1. The Balaban J connectivity index is 3.20. The van der Waals surface area contributed by atoms with Gasteiger partial charge in [-0.15, -0.1) is 0 Å². The number of allylic oxidation sites excluding steroid dienone is 3. The van der Waals surface area contributed by atoms with Crippen LogP contribution in [0, 0.1) is 11.3 Å². The molecule has 15 heavy (non-hydrogen) atoms. The zero-order chi connectivity index (χ0) is 11.9. The first-order valence-electron chi connectivity index (χ1n) is 4.61. The summed E-state index contributed by atoms with van der Waals surface area (Å²) in [6.45, 7) is 6.66. The molecule has 0 aromatic heterocycles. The van der Waals surface area contributed by atoms with E-state index in [2.05, 4.69) is 6.58 Å². The number of carbonyl (C=O) groups excluding carboxylic acids is 1. The van der Waals surface area contributed by atoms with Crippen LogP contribution in [0.25, 0.3) is 0 Å². The third kappa shape index (κ3) is 2.30. The summed E-state index contributed by atoms with van der Waals surface area (Å²) in [5.74, 6) is -0.797. The van der Waals surface area contributed by atoms with E-state index < -0.39 is 23.1 Å². The molecule has 0 heterocycles. The van der Waals surface area contributed by atoms with Crippen LogP contribution in [0.2, 0.25) is 0 Å². The molecular weight excluding hydrogens is 205 g/mol. The molecule has 1 rings (SSSR count). The van der Waals surface area contributed by atoms with Crippen LogP contribution >= 0.6 is 0 Å². The van der Waals surface area contributed by atoms with Crippen molar-refractivity contribution in [2.45, 2.75) is 26.4 Å². The quantitative estimate of drug-likeness (QED) is 0.487. The number of rotatable bonds is 1. The van der Waals surface area contributed by atoms with Gasteiger partial charge in [-0.1, -0.05) is 32.1 Å². The average molecular weight is 218 g/mol. The molecule has 0 bridgehead atoms. The van der Waals surface area contributed by atoms with E-state index in [-0.39, 0.29) is 6.42 Å². The summed E-state index contributed by atoms with van der Waals surface area (Å²) in [6.07, 6.45) is -2.69. The van der Waals surface area contributed by atoms with Gasteiger partial charge in [-0.05, 0) is 11.8 Å². The van der Waals surface area contributed by atoms with Crippen LogP contribution in [0.5, 0.6) is 0 Å². The van der Waals surface area contributed by atoms with Gasteiger partial charge in [-0.25, -0.2) is 0 Å². The standard InChI is InChI=1S/C11H13F3O/c1-7-5-10(2,3)9(11(12,13)14)4-8(7)6-15/h4,6,8H,1,5H2,2-3H3. The minimum absolute atomic E-state index is 0.196. The molecule has 0 aliphatic heterocycles. The van der Waals surface area contributed by atoms with Crippen LogP contribution in [-0.2, 0) is 4.79 Å². The van der Waals surface area contributed by atoms with Crippen LogP contribution in [0.4, 0.5) is 13.2 Å². The van der Waals surface area contributed by atoms with Crippen LogP contribution < -0.4 is 0 Å². The number of hydrogen-bond acceptors (Lipinski definition) is 1. The van der Waals surface area contributed by atoms with Gasteiger partial charge in [0.15, 0.2) is 0 Å². The van der Waals surface area contributed by atoms with Gasteiger partial charge in [-0.3, -0.25) is 0 Å². The molecule has 0 saturated heterocycles. The monoisotopic (exact) mass is 218 g/mol. The molecule has 1 nitrogen and oxygen atoms in total. The fourth-order valence-electron chi connectivity index (χ4n) is 1.92. The average Bonchev–Trinajstić information content (AvgIpc) is 1.99. The molecule has 0 amide bonds. The first-order valence-corrected chi connectivity index (χ1v) is 4.61. The van der Waals surface area contributed by atoms with Gasteiger partial charge in [0.2, 0.25) is 0 Å². The highest BCUT2D eigenvalue weighted by molar-refractivity contribution is 5.63. The van der Waals surface area contributed by atoms with E-state index >= 15 is 0 Å². The number of aldehydes is 1. The summed E-state index contributed by atoms with van der Waals surface area (Å²) >= 11 is 0. The van der Waals surface area contributed by atoms with Crippen molar-refractivity contribution in [3.05, 3.63) is 23.8 Å². The Hall–Kier alpha value is -1.06. The Morgan fingerprint density at radius 3 is 2.47 bits per heavy atom. The highest BCUT2D eigenvalue weighted by atomic mass is 19.4. The SMILES string of the molecule is C=C1CC(C)(C)C(C(F)(F)F)=CC1C=O. The Morgan fingerprint density at radius 2 is 2.07 bits per heavy atom. The topological polar surface area (TPSA) is 17.1 Å². The molecule has 0 radical (unpaired) electrons. The lowest BCUT2D eigenvalue weighted by molar-refractivity contribution is -0.111. The first kappa shape index (κ1) is 12.0. The molecule has 0 saturated carbocycles. The first-order chi connectivity index (χ1) is 6.68. The Bertz CT molecular complexity index is 323. The van der Waals surface area contributed by atoms with Crippen molar-refractivity contribution in [3.63, 3.8) is 0 Å². The maximum absolute atomic E-state index is 12.7. The fourth-order valence-corrected chi connectivity index (χ4v) is 1.92. The highest BCUT2D eigenvalue weighted by Crippen LogP contribution is 2.47. The Morgan fingerprint density at radius 1 is 1.53 bits per heavy atom. The maximum atomic E-state index is 12.7. The summed E-state index contributed by atoms with van der Waals surface area (Å²) in [7, 11) is 0. The van der Waals surface area contributed by atoms with Gasteiger partial charge in [0, 0.05) is 5.57 Å². The number of hydrogen-bond donors (Lipinski definition) is 0. The zero-order valence-corrected chi connectivity index (χ0v) is 8.69. The second kappa shape index (κ2) is 3.51. The number of alkyl halides is 3. The third-order valence-electron chi connectivity index (χ3n) is 2.67. The lowest BCUT2D eigenvalue weighted by atomic mass is 9.70. The van der Waals surface area contributed by atoms with E-state index in [0.717, 1.165) is 6.08 Å². The van der Waals surface area contributed by atoms with Gasteiger partial charge < -0.3 is 4.79 Å². The van der Waals surface area contributed by atoms with Gasteiger partial charge >= 0.3 is 6.18 Å². The Labute approximate surface area is 86.7 Å². The molecule has 84 valence electrons. The molecule has 4 heteroatoms. The van der Waals surface area contributed by atoms with E-state index in [0.29, 0.717) is 11.9 Å². The molecule has 1 aliphatic carbocycles. The van der Waals surface area contributed by atoms with E-state index in [4.69, 9.17) is 0 Å². The number of halogens is 3. The van der Waals surface area contributed by atoms with E-state index in [1.807, 2.05) is 0 Å². The van der Waals surface area contributed by atoms with Crippen LogP contribution in [-0.4, -0.2) is 12.5 Å². The molecular formula is C11H13F3O. The summed E-state index contributed by atoms with van der Waals surface area (Å²) in [6, 6.07) is 0. The maximum Gasteiger partial charge on any atom is 0.412 e. The summed E-state index contributed by atoms with van der Waals surface area (Å²) in [5.41, 5.74) is -1.07. The molecule has 1 aliphatic rings. The van der Waals surface area contributed by atoms with Gasteiger partial charge in [-0.2, -0.15) is 13.2 Å². The fraction of sp³-hybridized carbons (Fsp3) is 0.545. The molecule has 0 aromatic carbocycles. The smallest absolute Gasteiger partial charge is 0.302 e. The van der Waals surface area contributed by atoms with E-state index in [1.54, 1.807) is 0 Å². The van der Waals surface area contributed by atoms with Crippen molar-refractivity contribution in [3.8, 4) is 0 Å². The second-order valence-corrected chi connectivity index (χ2v) is 4.46. The van der Waals surface area contributed by atoms with Gasteiger partial charge in [0.05, 0.1) is 5.92 Å². The van der Waals surface area contributed by atoms with Crippen LogP contribution in [0.1, 0.15) is 20.3 Å². The van der Waals surface area contributed by atoms with Crippen molar-refractivity contribution < 1.29 is 18.0 Å². The third-order valence-corrected chi connectivity index (χ3v) is 2.67. The van der Waals surface area contributed by atoms with Crippen molar-refractivity contribution in [1.82, 2.24) is 0 Å². The molecule has 0 spiro atoms. The molecule has 0 aromatic rings. The van der Waals surface area contributed by atoms with Crippen molar-refractivity contribution in [2.24, 2.45) is 11.3 Å². The van der Waals surface area contributed by atoms with Gasteiger partial charge in [0.1, 0.15) is 6.29 Å². The molecule has 1 atom stereocenters. The molecule has 0 N–H and O–H groups in total. The summed E-state index contributed by atoms with van der Waals surface area (Å²) in [4.78, 5) is 10.6. The predicted octanol–water partition coefficient (Wildman–Crippen LogP) is 3.28.